The Morgan fingerprint density at radius 1 is 1.15 bits per heavy atom. The topological polar surface area (TPSA) is 74.0 Å². The van der Waals surface area contributed by atoms with E-state index in [0.29, 0.717) is 11.3 Å². The van der Waals surface area contributed by atoms with Crippen molar-refractivity contribution in [1.82, 2.24) is 9.80 Å². The molecule has 3 rings (SSSR count). The fourth-order valence-corrected chi connectivity index (χ4v) is 3.54. The summed E-state index contributed by atoms with van der Waals surface area (Å²) in [5, 5.41) is 7.12. The van der Waals surface area contributed by atoms with Crippen molar-refractivity contribution in [3.63, 3.8) is 0 Å². The van der Waals surface area contributed by atoms with E-state index in [1.165, 1.54) is 25.8 Å². The molecule has 0 radical (unpaired) electrons. The molecule has 0 unspecified atom stereocenters. The number of alkyl halides is 3. The molecule has 2 aliphatic rings. The highest BCUT2D eigenvalue weighted by Gasteiger charge is 2.40. The number of carbonyl (C=O) groups is 2. The van der Waals surface area contributed by atoms with Crippen molar-refractivity contribution >= 4 is 11.9 Å². The molecule has 1 amide bonds. The van der Waals surface area contributed by atoms with Gasteiger partial charge in [-0.3, -0.25) is 4.79 Å². The SMILES string of the molecule is CN1CCCCC12CCN(C(=O)c1ccco1)CC2.O=C(O)C(F)(F)F. The highest BCUT2D eigenvalue weighted by Crippen LogP contribution is 2.36. The molecular weight excluding hydrogens is 353 g/mol. The Balaban J connectivity index is 0.000000298. The van der Waals surface area contributed by atoms with E-state index < -0.39 is 12.1 Å². The number of halogens is 3. The number of hydrogen-bond donors (Lipinski definition) is 1. The lowest BCUT2D eigenvalue weighted by atomic mass is 9.79. The Labute approximate surface area is 149 Å². The number of rotatable bonds is 1. The zero-order valence-corrected chi connectivity index (χ0v) is 14.6. The number of hydrogen-bond acceptors (Lipinski definition) is 4. The van der Waals surface area contributed by atoms with E-state index in [-0.39, 0.29) is 5.91 Å². The smallest absolute Gasteiger partial charge is 0.475 e. The predicted molar refractivity (Wildman–Crippen MR) is 86.7 cm³/mol. The minimum absolute atomic E-state index is 0.0401. The van der Waals surface area contributed by atoms with Gasteiger partial charge in [0, 0.05) is 18.6 Å². The minimum atomic E-state index is -5.08. The van der Waals surface area contributed by atoms with Gasteiger partial charge in [-0.2, -0.15) is 13.2 Å². The summed E-state index contributed by atoms with van der Waals surface area (Å²) in [5.41, 5.74) is 0.345. The lowest BCUT2D eigenvalue weighted by Gasteiger charge is -2.50. The molecule has 9 heteroatoms. The lowest BCUT2D eigenvalue weighted by molar-refractivity contribution is -0.192. The van der Waals surface area contributed by atoms with Gasteiger partial charge in [0.2, 0.25) is 0 Å². The molecule has 2 fully saturated rings. The number of carboxylic acids is 1. The summed E-state index contributed by atoms with van der Waals surface area (Å²) >= 11 is 0. The Kier molecular flexibility index (Phi) is 6.33. The van der Waals surface area contributed by atoms with Gasteiger partial charge < -0.3 is 19.3 Å². The molecule has 26 heavy (non-hydrogen) atoms. The van der Waals surface area contributed by atoms with Crippen LogP contribution in [0.15, 0.2) is 22.8 Å². The third-order valence-corrected chi connectivity index (χ3v) is 5.15. The maximum absolute atomic E-state index is 12.2. The van der Waals surface area contributed by atoms with Gasteiger partial charge in [0.15, 0.2) is 5.76 Å². The van der Waals surface area contributed by atoms with Crippen LogP contribution in [0.25, 0.3) is 0 Å². The zero-order valence-electron chi connectivity index (χ0n) is 14.6. The molecule has 1 aromatic rings. The monoisotopic (exact) mass is 376 g/mol. The van der Waals surface area contributed by atoms with Crippen molar-refractivity contribution in [2.75, 3.05) is 26.7 Å². The van der Waals surface area contributed by atoms with Gasteiger partial charge in [0.05, 0.1) is 6.26 Å². The summed E-state index contributed by atoms with van der Waals surface area (Å²) in [4.78, 5) is 25.6. The maximum atomic E-state index is 12.2. The van der Waals surface area contributed by atoms with E-state index in [1.54, 1.807) is 18.4 Å². The minimum Gasteiger partial charge on any atom is -0.475 e. The van der Waals surface area contributed by atoms with E-state index in [9.17, 15) is 18.0 Å². The molecule has 0 bridgehead atoms. The van der Waals surface area contributed by atoms with E-state index >= 15 is 0 Å². The summed E-state index contributed by atoms with van der Waals surface area (Å²) in [6.45, 7) is 2.90. The van der Waals surface area contributed by atoms with Crippen LogP contribution in [0.1, 0.15) is 42.7 Å². The van der Waals surface area contributed by atoms with Crippen molar-refractivity contribution in [2.24, 2.45) is 0 Å². The molecule has 0 saturated carbocycles. The molecule has 146 valence electrons. The second kappa shape index (κ2) is 8.11. The van der Waals surface area contributed by atoms with Gasteiger partial charge in [0.1, 0.15) is 0 Å². The van der Waals surface area contributed by atoms with E-state index in [1.807, 2.05) is 4.90 Å². The van der Waals surface area contributed by atoms with Crippen molar-refractivity contribution in [3.8, 4) is 0 Å². The van der Waals surface area contributed by atoms with Gasteiger partial charge in [-0.15, -0.1) is 0 Å². The molecule has 1 N–H and O–H groups in total. The second-order valence-electron chi connectivity index (χ2n) is 6.68. The van der Waals surface area contributed by atoms with Gasteiger partial charge in [-0.05, 0) is 51.4 Å². The van der Waals surface area contributed by atoms with Crippen molar-refractivity contribution in [3.05, 3.63) is 24.2 Å². The quantitative estimate of drug-likeness (QED) is 0.816. The largest absolute Gasteiger partial charge is 0.490 e. The van der Waals surface area contributed by atoms with E-state index in [4.69, 9.17) is 14.3 Å². The Morgan fingerprint density at radius 3 is 2.23 bits per heavy atom. The Bertz CT molecular complexity index is 608. The first-order valence-electron chi connectivity index (χ1n) is 8.50. The molecule has 1 spiro atoms. The van der Waals surface area contributed by atoms with Crippen LogP contribution >= 0.6 is 0 Å². The number of aliphatic carboxylic acids is 1. The van der Waals surface area contributed by atoms with Crippen LogP contribution < -0.4 is 0 Å². The third kappa shape index (κ3) is 4.78. The average molecular weight is 376 g/mol. The first-order valence-corrected chi connectivity index (χ1v) is 8.50. The highest BCUT2D eigenvalue weighted by molar-refractivity contribution is 5.91. The number of likely N-dealkylation sites (tertiary alicyclic amines) is 2. The Morgan fingerprint density at radius 2 is 1.77 bits per heavy atom. The first kappa shape index (κ1) is 20.3. The first-order chi connectivity index (χ1) is 12.2. The fraction of sp³-hybridized carbons (Fsp3) is 0.647. The average Bonchev–Trinajstić information content (AvgIpc) is 3.12. The van der Waals surface area contributed by atoms with Crippen LogP contribution in [-0.4, -0.2) is 65.2 Å². The van der Waals surface area contributed by atoms with Crippen molar-refractivity contribution in [2.45, 2.75) is 43.8 Å². The summed E-state index contributed by atoms with van der Waals surface area (Å²) in [5.74, 6) is -2.25. The van der Waals surface area contributed by atoms with Crippen LogP contribution in [0.4, 0.5) is 13.2 Å². The van der Waals surface area contributed by atoms with Gasteiger partial charge >= 0.3 is 12.1 Å². The molecule has 3 heterocycles. The van der Waals surface area contributed by atoms with Crippen LogP contribution in [0, 0.1) is 0 Å². The van der Waals surface area contributed by atoms with Gasteiger partial charge in [0.25, 0.3) is 5.91 Å². The molecule has 6 nitrogen and oxygen atoms in total. The summed E-state index contributed by atoms with van der Waals surface area (Å²) in [6.07, 6.45) is 2.59. The van der Waals surface area contributed by atoms with Gasteiger partial charge in [-0.1, -0.05) is 6.42 Å². The standard InChI is InChI=1S/C15H22N2O2.C2HF3O2/c1-16-9-3-2-6-15(16)7-10-17(11-8-15)14(18)13-5-4-12-19-13;3-2(4,5)1(6)7/h4-5,12H,2-3,6-11H2,1H3;(H,6,7). The van der Waals surface area contributed by atoms with E-state index in [0.717, 1.165) is 25.9 Å². The number of carboxylic acid groups (broad SMARTS) is 1. The van der Waals surface area contributed by atoms with Crippen LogP contribution in [-0.2, 0) is 4.79 Å². The molecule has 1 aromatic heterocycles. The highest BCUT2D eigenvalue weighted by atomic mass is 19.4. The fourth-order valence-electron chi connectivity index (χ4n) is 3.54. The normalized spacial score (nSPS) is 20.4. The van der Waals surface area contributed by atoms with Crippen LogP contribution in [0.5, 0.6) is 0 Å². The van der Waals surface area contributed by atoms with Crippen LogP contribution in [0.3, 0.4) is 0 Å². The molecule has 0 atom stereocenters. The van der Waals surface area contributed by atoms with Gasteiger partial charge in [-0.25, -0.2) is 4.79 Å². The summed E-state index contributed by atoms with van der Waals surface area (Å²) in [7, 11) is 2.24. The Hall–Kier alpha value is -2.03. The predicted octanol–water partition coefficient (Wildman–Crippen LogP) is 3.00. The van der Waals surface area contributed by atoms with E-state index in [2.05, 4.69) is 11.9 Å². The second-order valence-corrected chi connectivity index (χ2v) is 6.68. The third-order valence-electron chi connectivity index (χ3n) is 5.15. The number of carbonyl (C=O) groups excluding carboxylic acids is 1. The zero-order chi connectivity index (χ0) is 19.4. The van der Waals surface area contributed by atoms with Crippen molar-refractivity contribution < 1.29 is 32.3 Å². The molecule has 0 aromatic carbocycles. The molecule has 2 saturated heterocycles. The molecule has 0 aliphatic carbocycles. The molecule has 2 aliphatic heterocycles. The lowest BCUT2D eigenvalue weighted by Crippen LogP contribution is -2.56. The summed E-state index contributed by atoms with van der Waals surface area (Å²) in [6, 6.07) is 3.52. The summed E-state index contributed by atoms with van der Waals surface area (Å²) < 4.78 is 36.9. The van der Waals surface area contributed by atoms with Crippen molar-refractivity contribution in [1.29, 1.82) is 0 Å². The maximum Gasteiger partial charge on any atom is 0.490 e. The number of piperidine rings is 2. The number of furan rings is 1. The molecular formula is C17H23F3N2O4. The van der Waals surface area contributed by atoms with Crippen LogP contribution in [0.2, 0.25) is 0 Å². The number of nitrogens with zero attached hydrogens (tertiary/aromatic N) is 2. The number of amides is 1.